The maximum Gasteiger partial charge on any atom is 0.207 e. The van der Waals surface area contributed by atoms with Crippen molar-refractivity contribution in [1.82, 2.24) is 14.3 Å². The van der Waals surface area contributed by atoms with Crippen molar-refractivity contribution in [3.8, 4) is 16.4 Å². The number of quaternary nitrogens is 1. The molecule has 1 fully saturated rings. The van der Waals surface area contributed by atoms with Crippen molar-refractivity contribution in [1.29, 1.82) is 0 Å². The maximum absolute atomic E-state index is 6.79. The van der Waals surface area contributed by atoms with Gasteiger partial charge in [0.2, 0.25) is 4.77 Å². The second-order valence-corrected chi connectivity index (χ2v) is 8.93. The second kappa shape index (κ2) is 7.44. The Balaban J connectivity index is 1.71. The van der Waals surface area contributed by atoms with Crippen LogP contribution in [0.25, 0.3) is 26.5 Å². The summed E-state index contributed by atoms with van der Waals surface area (Å²) < 4.78 is 5.90. The zero-order chi connectivity index (χ0) is 19.1. The van der Waals surface area contributed by atoms with E-state index >= 15 is 0 Å². The minimum Gasteiger partial charge on any atom is -0.316 e. The summed E-state index contributed by atoms with van der Waals surface area (Å²) in [7, 11) is 0. The van der Waals surface area contributed by atoms with E-state index in [1.807, 2.05) is 35.0 Å². The SMILES string of the molecule is S=c1n(C[NH+]2CCCC2)nc(-c2sc3ccccc3c2Cl)n1-c1ccccc1. The smallest absolute Gasteiger partial charge is 0.207 e. The summed E-state index contributed by atoms with van der Waals surface area (Å²) in [5.41, 5.74) is 1.01. The van der Waals surface area contributed by atoms with Gasteiger partial charge in [-0.3, -0.25) is 4.57 Å². The normalized spacial score (nSPS) is 14.9. The molecule has 28 heavy (non-hydrogen) atoms. The van der Waals surface area contributed by atoms with Crippen molar-refractivity contribution in [3.63, 3.8) is 0 Å². The van der Waals surface area contributed by atoms with Crippen LogP contribution in [-0.4, -0.2) is 27.4 Å². The Hall–Kier alpha value is -1.99. The van der Waals surface area contributed by atoms with E-state index in [0.29, 0.717) is 4.77 Å². The molecule has 5 rings (SSSR count). The Morgan fingerprint density at radius 1 is 1.04 bits per heavy atom. The van der Waals surface area contributed by atoms with Gasteiger partial charge in [-0.2, -0.15) is 4.68 Å². The van der Waals surface area contributed by atoms with Crippen LogP contribution in [0.4, 0.5) is 0 Å². The average Bonchev–Trinajstić information content (AvgIpc) is 3.43. The van der Waals surface area contributed by atoms with Crippen LogP contribution in [-0.2, 0) is 6.67 Å². The number of para-hydroxylation sites is 1. The van der Waals surface area contributed by atoms with Gasteiger partial charge in [0.1, 0.15) is 0 Å². The lowest BCUT2D eigenvalue weighted by Crippen LogP contribution is -3.09. The fraction of sp³-hybridized carbons (Fsp3) is 0.238. The number of hydrogen-bond acceptors (Lipinski definition) is 3. The molecule has 7 heteroatoms. The quantitative estimate of drug-likeness (QED) is 0.483. The molecule has 0 aliphatic carbocycles. The van der Waals surface area contributed by atoms with E-state index in [1.54, 1.807) is 11.3 Å². The molecule has 0 bridgehead atoms. The number of likely N-dealkylation sites (tertiary alicyclic amines) is 1. The molecule has 0 atom stereocenters. The van der Waals surface area contributed by atoms with E-state index < -0.39 is 0 Å². The molecule has 3 heterocycles. The Morgan fingerprint density at radius 2 is 1.75 bits per heavy atom. The average molecular weight is 428 g/mol. The number of thiophene rings is 1. The predicted octanol–water partition coefficient (Wildman–Crippen LogP) is 4.57. The molecule has 4 nitrogen and oxygen atoms in total. The van der Waals surface area contributed by atoms with Gasteiger partial charge in [0, 0.05) is 22.9 Å². The highest BCUT2D eigenvalue weighted by molar-refractivity contribution is 7.71. The predicted molar refractivity (Wildman–Crippen MR) is 118 cm³/mol. The van der Waals surface area contributed by atoms with Crippen molar-refractivity contribution in [3.05, 3.63) is 64.4 Å². The molecule has 2 aromatic carbocycles. The molecule has 1 N–H and O–H groups in total. The van der Waals surface area contributed by atoms with Gasteiger partial charge in [0.15, 0.2) is 12.5 Å². The molecular weight excluding hydrogens is 408 g/mol. The van der Waals surface area contributed by atoms with Gasteiger partial charge >= 0.3 is 0 Å². The molecule has 0 unspecified atom stereocenters. The third kappa shape index (κ3) is 3.10. The highest BCUT2D eigenvalue weighted by atomic mass is 35.5. The molecule has 0 radical (unpaired) electrons. The summed E-state index contributed by atoms with van der Waals surface area (Å²) in [6, 6.07) is 18.4. The molecule has 0 amide bonds. The Kier molecular flexibility index (Phi) is 4.80. The summed E-state index contributed by atoms with van der Waals surface area (Å²) in [6.45, 7) is 3.16. The lowest BCUT2D eigenvalue weighted by atomic mass is 10.2. The molecule has 1 saturated heterocycles. The van der Waals surface area contributed by atoms with E-state index in [0.717, 1.165) is 38.2 Å². The fourth-order valence-corrected chi connectivity index (χ4v) is 5.66. The van der Waals surface area contributed by atoms with Gasteiger partial charge in [-0.05, 0) is 30.4 Å². The lowest BCUT2D eigenvalue weighted by molar-refractivity contribution is -0.911. The number of hydrogen-bond donors (Lipinski definition) is 1. The summed E-state index contributed by atoms with van der Waals surface area (Å²) in [5.74, 6) is 0.820. The summed E-state index contributed by atoms with van der Waals surface area (Å²) >= 11 is 14.3. The molecule has 2 aromatic heterocycles. The second-order valence-electron chi connectivity index (χ2n) is 7.13. The van der Waals surface area contributed by atoms with E-state index in [4.69, 9.17) is 28.9 Å². The van der Waals surface area contributed by atoms with E-state index in [2.05, 4.69) is 28.8 Å². The molecular formula is C21H20ClN4S2+. The summed E-state index contributed by atoms with van der Waals surface area (Å²) in [4.78, 5) is 2.50. The first kappa shape index (κ1) is 18.1. The molecule has 4 aromatic rings. The maximum atomic E-state index is 6.79. The van der Waals surface area contributed by atoms with Crippen molar-refractivity contribution in [2.24, 2.45) is 0 Å². The van der Waals surface area contributed by atoms with Crippen LogP contribution >= 0.6 is 35.2 Å². The van der Waals surface area contributed by atoms with E-state index in [1.165, 1.54) is 30.8 Å². The Morgan fingerprint density at radius 3 is 2.50 bits per heavy atom. The van der Waals surface area contributed by atoms with Crippen LogP contribution < -0.4 is 4.90 Å². The number of benzene rings is 2. The monoisotopic (exact) mass is 427 g/mol. The van der Waals surface area contributed by atoms with Crippen molar-refractivity contribution >= 4 is 45.2 Å². The number of fused-ring (bicyclic) bond motifs is 1. The van der Waals surface area contributed by atoms with Gasteiger partial charge in [0.25, 0.3) is 0 Å². The molecule has 142 valence electrons. The number of rotatable bonds is 4. The fourth-order valence-electron chi connectivity index (χ4n) is 3.87. The van der Waals surface area contributed by atoms with Gasteiger partial charge in [-0.1, -0.05) is 48.0 Å². The third-order valence-electron chi connectivity index (χ3n) is 5.28. The lowest BCUT2D eigenvalue weighted by Gasteiger charge is -2.11. The van der Waals surface area contributed by atoms with Crippen LogP contribution in [0, 0.1) is 4.77 Å². The third-order valence-corrected chi connectivity index (χ3v) is 7.34. The highest BCUT2D eigenvalue weighted by Gasteiger charge is 2.23. The number of aromatic nitrogens is 3. The van der Waals surface area contributed by atoms with Crippen molar-refractivity contribution in [2.75, 3.05) is 13.1 Å². The number of nitrogens with zero attached hydrogens (tertiary/aromatic N) is 3. The van der Waals surface area contributed by atoms with Gasteiger partial charge in [-0.15, -0.1) is 16.4 Å². The minimum absolute atomic E-state index is 0.717. The first-order chi connectivity index (χ1) is 13.7. The standard InChI is InChI=1S/C21H19ClN4S2/c22-18-16-10-4-5-11-17(16)28-19(18)20-23-25(14-24-12-6-7-13-24)21(27)26(20)15-8-2-1-3-9-15/h1-5,8-11H,6-7,12-14H2/p+1. The topological polar surface area (TPSA) is 27.2 Å². The minimum atomic E-state index is 0.717. The van der Waals surface area contributed by atoms with Crippen LogP contribution in [0.1, 0.15) is 12.8 Å². The zero-order valence-corrected chi connectivity index (χ0v) is 17.7. The van der Waals surface area contributed by atoms with Crippen LogP contribution in [0.2, 0.25) is 5.02 Å². The largest absolute Gasteiger partial charge is 0.316 e. The van der Waals surface area contributed by atoms with Crippen molar-refractivity contribution in [2.45, 2.75) is 19.5 Å². The Labute approximate surface area is 177 Å². The zero-order valence-electron chi connectivity index (χ0n) is 15.3. The van der Waals surface area contributed by atoms with Crippen LogP contribution in [0.3, 0.4) is 0 Å². The molecule has 0 saturated carbocycles. The number of nitrogens with one attached hydrogen (secondary N) is 1. The van der Waals surface area contributed by atoms with Crippen LogP contribution in [0.5, 0.6) is 0 Å². The molecule has 1 aliphatic heterocycles. The van der Waals surface area contributed by atoms with Gasteiger partial charge in [-0.25, -0.2) is 0 Å². The summed E-state index contributed by atoms with van der Waals surface area (Å²) in [5, 5.41) is 6.77. The first-order valence-electron chi connectivity index (χ1n) is 9.48. The molecule has 0 spiro atoms. The van der Waals surface area contributed by atoms with E-state index in [-0.39, 0.29) is 0 Å². The first-order valence-corrected chi connectivity index (χ1v) is 11.1. The Bertz CT molecular complexity index is 1190. The summed E-state index contributed by atoms with van der Waals surface area (Å²) in [6.07, 6.45) is 2.55. The van der Waals surface area contributed by atoms with Gasteiger partial charge in [0.05, 0.1) is 28.7 Å². The highest BCUT2D eigenvalue weighted by Crippen LogP contribution is 2.41. The van der Waals surface area contributed by atoms with E-state index in [9.17, 15) is 0 Å². The van der Waals surface area contributed by atoms with Crippen LogP contribution in [0.15, 0.2) is 54.6 Å². The number of halogens is 1. The molecule has 1 aliphatic rings. The van der Waals surface area contributed by atoms with Crippen molar-refractivity contribution < 1.29 is 4.90 Å². The van der Waals surface area contributed by atoms with Gasteiger partial charge < -0.3 is 4.90 Å².